The van der Waals surface area contributed by atoms with E-state index in [-0.39, 0.29) is 0 Å². The van der Waals surface area contributed by atoms with Crippen LogP contribution in [0.5, 0.6) is 0 Å². The SMILES string of the molecule is NC1(c2cc(F)cc(F)c2)CCc2ccccc2C1. The van der Waals surface area contributed by atoms with Gasteiger partial charge < -0.3 is 5.73 Å². The average molecular weight is 259 g/mol. The van der Waals surface area contributed by atoms with Gasteiger partial charge in [0.1, 0.15) is 11.6 Å². The van der Waals surface area contributed by atoms with Gasteiger partial charge in [0, 0.05) is 11.6 Å². The van der Waals surface area contributed by atoms with E-state index in [9.17, 15) is 8.78 Å². The summed E-state index contributed by atoms with van der Waals surface area (Å²) in [6.45, 7) is 0. The Kier molecular flexibility index (Phi) is 2.86. The Hall–Kier alpha value is -1.74. The Morgan fingerprint density at radius 2 is 1.58 bits per heavy atom. The zero-order chi connectivity index (χ0) is 13.5. The largest absolute Gasteiger partial charge is 0.321 e. The van der Waals surface area contributed by atoms with Crippen LogP contribution in [-0.4, -0.2) is 0 Å². The highest BCUT2D eigenvalue weighted by Crippen LogP contribution is 2.34. The first-order valence-electron chi connectivity index (χ1n) is 6.39. The molecule has 0 amide bonds. The van der Waals surface area contributed by atoms with Crippen molar-refractivity contribution in [3.8, 4) is 0 Å². The molecular formula is C16H15F2N. The van der Waals surface area contributed by atoms with Crippen molar-refractivity contribution in [2.75, 3.05) is 0 Å². The fourth-order valence-electron chi connectivity index (χ4n) is 2.85. The lowest BCUT2D eigenvalue weighted by Crippen LogP contribution is -2.42. The molecule has 98 valence electrons. The maximum absolute atomic E-state index is 13.4. The third-order valence-electron chi connectivity index (χ3n) is 3.90. The van der Waals surface area contributed by atoms with E-state index in [0.29, 0.717) is 18.4 Å². The van der Waals surface area contributed by atoms with E-state index in [0.717, 1.165) is 12.5 Å². The van der Waals surface area contributed by atoms with Gasteiger partial charge in [-0.15, -0.1) is 0 Å². The molecule has 2 N–H and O–H groups in total. The van der Waals surface area contributed by atoms with Gasteiger partial charge in [-0.25, -0.2) is 8.78 Å². The lowest BCUT2D eigenvalue weighted by molar-refractivity contribution is 0.381. The van der Waals surface area contributed by atoms with Crippen molar-refractivity contribution in [3.63, 3.8) is 0 Å². The maximum atomic E-state index is 13.4. The van der Waals surface area contributed by atoms with Crippen molar-refractivity contribution in [2.45, 2.75) is 24.8 Å². The molecule has 0 spiro atoms. The monoisotopic (exact) mass is 259 g/mol. The lowest BCUT2D eigenvalue weighted by Gasteiger charge is -2.35. The van der Waals surface area contributed by atoms with Gasteiger partial charge in [-0.1, -0.05) is 24.3 Å². The standard InChI is InChI=1S/C16H15F2N/c17-14-7-13(8-15(18)9-14)16(19)6-5-11-3-1-2-4-12(11)10-16/h1-4,7-9H,5-6,10,19H2. The van der Waals surface area contributed by atoms with Gasteiger partial charge in [0.15, 0.2) is 0 Å². The van der Waals surface area contributed by atoms with E-state index < -0.39 is 17.2 Å². The highest BCUT2D eigenvalue weighted by atomic mass is 19.1. The van der Waals surface area contributed by atoms with Crippen LogP contribution in [-0.2, 0) is 18.4 Å². The molecule has 0 aliphatic heterocycles. The van der Waals surface area contributed by atoms with E-state index >= 15 is 0 Å². The van der Waals surface area contributed by atoms with Gasteiger partial charge in [0.2, 0.25) is 0 Å². The smallest absolute Gasteiger partial charge is 0.126 e. The van der Waals surface area contributed by atoms with Crippen LogP contribution in [0, 0.1) is 11.6 Å². The number of aryl methyl sites for hydroxylation is 1. The first kappa shape index (κ1) is 12.3. The summed E-state index contributed by atoms with van der Waals surface area (Å²) in [4.78, 5) is 0. The lowest BCUT2D eigenvalue weighted by atomic mass is 9.74. The van der Waals surface area contributed by atoms with Crippen LogP contribution in [0.4, 0.5) is 8.78 Å². The first-order valence-corrected chi connectivity index (χ1v) is 6.39. The van der Waals surface area contributed by atoms with Crippen LogP contribution in [0.1, 0.15) is 23.1 Å². The summed E-state index contributed by atoms with van der Waals surface area (Å²) < 4.78 is 26.7. The molecule has 0 aromatic heterocycles. The molecule has 0 saturated heterocycles. The summed E-state index contributed by atoms with van der Waals surface area (Å²) in [6.07, 6.45) is 2.16. The minimum atomic E-state index is -0.683. The number of benzene rings is 2. The Morgan fingerprint density at radius 1 is 0.947 bits per heavy atom. The normalized spacial score (nSPS) is 22.1. The van der Waals surface area contributed by atoms with Gasteiger partial charge >= 0.3 is 0 Å². The fraction of sp³-hybridized carbons (Fsp3) is 0.250. The van der Waals surface area contributed by atoms with Crippen molar-refractivity contribution in [1.82, 2.24) is 0 Å². The maximum Gasteiger partial charge on any atom is 0.126 e. The van der Waals surface area contributed by atoms with Crippen LogP contribution in [0.2, 0.25) is 0 Å². The molecule has 1 unspecified atom stereocenters. The number of hydrogen-bond acceptors (Lipinski definition) is 1. The molecule has 0 bridgehead atoms. The van der Waals surface area contributed by atoms with Gasteiger partial charge in [-0.2, -0.15) is 0 Å². The first-order chi connectivity index (χ1) is 9.07. The number of fused-ring (bicyclic) bond motifs is 1. The number of halogens is 2. The molecule has 0 heterocycles. The molecule has 0 fully saturated rings. The summed E-state index contributed by atoms with van der Waals surface area (Å²) in [5.74, 6) is -1.14. The Bertz CT molecular complexity index is 604. The molecule has 1 aliphatic rings. The van der Waals surface area contributed by atoms with Crippen LogP contribution < -0.4 is 5.73 Å². The highest BCUT2D eigenvalue weighted by molar-refractivity contribution is 5.37. The number of rotatable bonds is 1. The second-order valence-corrected chi connectivity index (χ2v) is 5.26. The third kappa shape index (κ3) is 2.26. The summed E-state index contributed by atoms with van der Waals surface area (Å²) >= 11 is 0. The van der Waals surface area contributed by atoms with Gasteiger partial charge in [0.25, 0.3) is 0 Å². The fourth-order valence-corrected chi connectivity index (χ4v) is 2.85. The summed E-state index contributed by atoms with van der Waals surface area (Å²) in [5, 5.41) is 0. The van der Waals surface area contributed by atoms with Crippen LogP contribution in [0.15, 0.2) is 42.5 Å². The van der Waals surface area contributed by atoms with Crippen molar-refractivity contribution in [3.05, 3.63) is 70.8 Å². The topological polar surface area (TPSA) is 26.0 Å². The molecule has 1 atom stereocenters. The van der Waals surface area contributed by atoms with Crippen LogP contribution in [0.3, 0.4) is 0 Å². The number of nitrogens with two attached hydrogens (primary N) is 1. The molecule has 2 aromatic carbocycles. The van der Waals surface area contributed by atoms with E-state index in [1.807, 2.05) is 18.2 Å². The summed E-state index contributed by atoms with van der Waals surface area (Å²) in [7, 11) is 0. The molecule has 1 aliphatic carbocycles. The highest BCUT2D eigenvalue weighted by Gasteiger charge is 2.32. The average Bonchev–Trinajstić information content (AvgIpc) is 2.37. The Balaban J connectivity index is 2.01. The molecule has 19 heavy (non-hydrogen) atoms. The van der Waals surface area contributed by atoms with E-state index in [4.69, 9.17) is 5.73 Å². The van der Waals surface area contributed by atoms with Crippen LogP contribution in [0.25, 0.3) is 0 Å². The van der Waals surface area contributed by atoms with Crippen molar-refractivity contribution < 1.29 is 8.78 Å². The predicted molar refractivity (Wildman–Crippen MR) is 70.7 cm³/mol. The van der Waals surface area contributed by atoms with Gasteiger partial charge in [-0.05, 0) is 48.1 Å². The van der Waals surface area contributed by atoms with E-state index in [2.05, 4.69) is 6.07 Å². The minimum Gasteiger partial charge on any atom is -0.321 e. The van der Waals surface area contributed by atoms with Gasteiger partial charge in [0.05, 0.1) is 0 Å². The predicted octanol–water partition coefficient (Wildman–Crippen LogP) is 3.31. The molecule has 1 nitrogen and oxygen atoms in total. The van der Waals surface area contributed by atoms with Crippen LogP contribution >= 0.6 is 0 Å². The molecule has 0 saturated carbocycles. The van der Waals surface area contributed by atoms with Gasteiger partial charge in [-0.3, -0.25) is 0 Å². The molecule has 0 radical (unpaired) electrons. The second-order valence-electron chi connectivity index (χ2n) is 5.26. The van der Waals surface area contributed by atoms with Crippen molar-refractivity contribution >= 4 is 0 Å². The van der Waals surface area contributed by atoms with E-state index in [1.54, 1.807) is 0 Å². The Labute approximate surface area is 111 Å². The summed E-state index contributed by atoms with van der Waals surface area (Å²) in [5.41, 5.74) is 8.70. The quantitative estimate of drug-likeness (QED) is 0.835. The zero-order valence-corrected chi connectivity index (χ0v) is 10.5. The number of hydrogen-bond donors (Lipinski definition) is 1. The summed E-state index contributed by atoms with van der Waals surface area (Å²) in [6, 6.07) is 11.7. The minimum absolute atomic E-state index is 0.541. The van der Waals surface area contributed by atoms with E-state index in [1.165, 1.54) is 23.3 Å². The Morgan fingerprint density at radius 3 is 2.26 bits per heavy atom. The zero-order valence-electron chi connectivity index (χ0n) is 10.5. The molecule has 3 heteroatoms. The second kappa shape index (κ2) is 4.42. The molecule has 3 rings (SSSR count). The van der Waals surface area contributed by atoms with Crippen molar-refractivity contribution in [2.24, 2.45) is 5.73 Å². The molecule has 2 aromatic rings. The third-order valence-corrected chi connectivity index (χ3v) is 3.90. The molecular weight excluding hydrogens is 244 g/mol. The van der Waals surface area contributed by atoms with Crippen molar-refractivity contribution in [1.29, 1.82) is 0 Å².